The smallest absolute Gasteiger partial charge is 0.245 e. The number of benzene rings is 2. The molecule has 1 fully saturated rings. The van der Waals surface area contributed by atoms with Gasteiger partial charge in [0, 0.05) is 82.1 Å². The summed E-state index contributed by atoms with van der Waals surface area (Å²) in [5.41, 5.74) is 35.2. The van der Waals surface area contributed by atoms with Crippen LogP contribution in [0.4, 0.5) is 0 Å². The highest BCUT2D eigenvalue weighted by Crippen LogP contribution is 2.22. The van der Waals surface area contributed by atoms with Crippen LogP contribution >= 0.6 is 0 Å². The van der Waals surface area contributed by atoms with Gasteiger partial charge in [-0.2, -0.15) is 0 Å². The normalized spacial score (nSPS) is 19.3. The fourth-order valence-corrected chi connectivity index (χ4v) is 16.4. The van der Waals surface area contributed by atoms with Crippen molar-refractivity contribution in [2.75, 3.05) is 64.2 Å². The second-order valence-electron chi connectivity index (χ2n) is 34.3. The molecule has 136 heavy (non-hydrogen) atoms. The molecule has 0 radical (unpaired) electrons. The second kappa shape index (κ2) is 66.6. The molecule has 1 aromatic heterocycles. The maximum absolute atomic E-state index is 14.4. The largest absolute Gasteiger partial charge is 0.394 e. The summed E-state index contributed by atoms with van der Waals surface area (Å²) in [4.78, 5) is 181. The van der Waals surface area contributed by atoms with Gasteiger partial charge in [-0.15, -0.1) is 0 Å². The first kappa shape index (κ1) is 119. The molecule has 32 N–H and O–H groups in total. The molecule has 4 rings (SSSR count). The zero-order valence-electron chi connectivity index (χ0n) is 79.2. The van der Waals surface area contributed by atoms with E-state index in [0.717, 1.165) is 54.8 Å². The van der Waals surface area contributed by atoms with Gasteiger partial charge >= 0.3 is 0 Å². The van der Waals surface area contributed by atoms with Gasteiger partial charge in [-0.1, -0.05) is 159 Å². The molecule has 768 valence electrons. The van der Waals surface area contributed by atoms with Crippen LogP contribution in [0.1, 0.15) is 231 Å². The predicted molar refractivity (Wildman–Crippen MR) is 514 cm³/mol. The van der Waals surface area contributed by atoms with Crippen LogP contribution < -0.4 is 108 Å². The Morgan fingerprint density at radius 1 is 0.544 bits per heavy atom. The van der Waals surface area contributed by atoms with Gasteiger partial charge in [0.1, 0.15) is 58.7 Å². The van der Waals surface area contributed by atoms with Crippen LogP contribution in [-0.4, -0.2) is 279 Å². The highest BCUT2D eigenvalue weighted by molar-refractivity contribution is 7.90. The Morgan fingerprint density at radius 2 is 1.10 bits per heavy atom. The molecule has 47 heteroatoms. The summed E-state index contributed by atoms with van der Waals surface area (Å²) >= 11 is 0. The number of amides is 13. The van der Waals surface area contributed by atoms with Crippen LogP contribution in [0.25, 0.3) is 10.9 Å². The van der Waals surface area contributed by atoms with E-state index < -0.39 is 213 Å². The van der Waals surface area contributed by atoms with E-state index in [-0.39, 0.29) is 134 Å². The van der Waals surface area contributed by atoms with Crippen LogP contribution in [0.3, 0.4) is 0 Å². The zero-order chi connectivity index (χ0) is 101. The monoisotopic (exact) mass is 1960 g/mol. The minimum atomic E-state index is -4.01. The minimum Gasteiger partial charge on any atom is -0.394 e. The van der Waals surface area contributed by atoms with Gasteiger partial charge < -0.3 is 118 Å². The first-order valence-electron chi connectivity index (χ1n) is 47.0. The van der Waals surface area contributed by atoms with Gasteiger partial charge in [-0.3, -0.25) is 93.0 Å². The van der Waals surface area contributed by atoms with Crippen LogP contribution in [-0.2, 0) is 95.0 Å². The third-order valence-electron chi connectivity index (χ3n) is 22.6. The average Bonchev–Trinajstić information content (AvgIpc) is 1.65. The summed E-state index contributed by atoms with van der Waals surface area (Å²) in [6.07, 6.45) is 14.5. The third-order valence-corrected chi connectivity index (χ3v) is 24.9. The summed E-state index contributed by atoms with van der Waals surface area (Å²) in [6.45, 7) is 3.63. The quantitative estimate of drug-likeness (QED) is 0.0115. The number of H-pyrrole nitrogens is 1. The van der Waals surface area contributed by atoms with Crippen molar-refractivity contribution >= 4 is 119 Å². The summed E-state index contributed by atoms with van der Waals surface area (Å²) < 4.78 is 51.5. The molecule has 3 aromatic rings. The lowest BCUT2D eigenvalue weighted by atomic mass is 10.0. The molecule has 2 aromatic carbocycles. The Hall–Kier alpha value is -10.8. The lowest BCUT2D eigenvalue weighted by Crippen LogP contribution is -2.61. The Bertz CT molecular complexity index is 4470. The van der Waals surface area contributed by atoms with Crippen molar-refractivity contribution in [2.45, 2.75) is 312 Å². The number of nitrogens with one attached hydrogen (secondary N) is 15. The topological polar surface area (TPSA) is 756 Å². The third kappa shape index (κ3) is 51.4. The number of sulfone groups is 1. The van der Waals surface area contributed by atoms with Crippen molar-refractivity contribution in [1.29, 1.82) is 0 Å². The Balaban J connectivity index is 0.000000704. The molecule has 1 unspecified atom stereocenters. The molecule has 0 aliphatic carbocycles. The number of aromatic nitrogens is 1. The number of nitrogens with two attached hydrogens (primary N) is 6. The Morgan fingerprint density at radius 3 is 1.71 bits per heavy atom. The summed E-state index contributed by atoms with van der Waals surface area (Å²) in [5.74, 6) is -11.7. The van der Waals surface area contributed by atoms with Crippen molar-refractivity contribution in [1.82, 2.24) is 78.8 Å². The highest BCUT2D eigenvalue weighted by atomic mass is 32.2. The molecule has 2 heterocycles. The molecule has 14 atom stereocenters. The molecule has 45 nitrogen and oxygen atoms in total. The lowest BCUT2D eigenvalue weighted by Gasteiger charge is -2.30. The molecule has 1 aliphatic rings. The molecule has 1 aliphatic heterocycles. The molecular formula is C89H153N23O22S2. The number of carbonyl (C=O) groups is 13. The van der Waals surface area contributed by atoms with E-state index in [0.29, 0.717) is 31.2 Å². The van der Waals surface area contributed by atoms with Gasteiger partial charge in [0.25, 0.3) is 0 Å². The number of para-hydroxylation sites is 1. The first-order valence-corrected chi connectivity index (χ1v) is 50.7. The van der Waals surface area contributed by atoms with Crippen molar-refractivity contribution in [3.63, 3.8) is 0 Å². The van der Waals surface area contributed by atoms with E-state index in [2.05, 4.69) is 91.0 Å². The average molecular weight is 1960 g/mol. The number of aliphatic hydroxyl groups excluding tert-OH is 5. The maximum atomic E-state index is 14.4. The second-order valence-corrected chi connectivity index (χ2v) is 38.4. The standard InChI is InChI=1S/C46H88N12O13S.C43H65N11O9S/c1-4-6-8-9-10-11-12-13-14-15-16-17-18-23-39(63)58-72(70,71)28-20-24-38(62)52-29-40(64)53-35(30-59)44(68)56-34(25-26-37(47)61)43(67)55-33(22-19-27-51-46(48)49)42(66)57-36(31-60)45(69)54-32(21-7-5-2)41(65)50-3;1-26-17-18-36(55)47-20-9-8-15-31(37(44)56)50-42(61)35(24-28-25-49-30-14-7-6-13-29(28)30)54-39(58)32(16-10-21-48-43(45)46)52-41(60)34(23-27-11-4-3-5-12-27)53-40(59)33(51-38(26)57)19-22-64(2,62)63/h32-36,43,55,59-60,67H,4-31H2,1-3H3,(H2,47,61)(H,50,65)(H,52,62)(H,53,64)(H,54,69)(H,56,68)(H,57,66)(H,58,63)(H4,48,49,51);3-7,11-14,25-26,31-35,38,42,49-51,57,61H,8-10,15-24H2,1-2H3,(H2,44,56)(H,47,55)(H,52,60)(H,53,59)(H,54,58)(H4,45,46,48)/t32-,33-,34-,35-,36-,43-;26-,31?,32-,33-,34+,35-,38-,42-/m00/s1. The van der Waals surface area contributed by atoms with Gasteiger partial charge in [0.05, 0.1) is 61.5 Å². The zero-order valence-corrected chi connectivity index (χ0v) is 80.8. The lowest BCUT2D eigenvalue weighted by molar-refractivity contribution is -0.134. The van der Waals surface area contributed by atoms with E-state index in [1.807, 2.05) is 35.9 Å². The Labute approximate surface area is 797 Å². The van der Waals surface area contributed by atoms with Crippen LogP contribution in [0.2, 0.25) is 0 Å². The van der Waals surface area contributed by atoms with Crippen molar-refractivity contribution in [3.8, 4) is 0 Å². The highest BCUT2D eigenvalue weighted by Gasteiger charge is 2.37. The van der Waals surface area contributed by atoms with E-state index in [1.54, 1.807) is 43.5 Å². The molecule has 13 amide bonds. The van der Waals surface area contributed by atoms with Crippen LogP contribution in [0.5, 0.6) is 0 Å². The number of carbonyl (C=O) groups excluding carboxylic acids is 13. The number of likely N-dealkylation sites (N-methyl/N-ethyl adjacent to an activating group) is 1. The van der Waals surface area contributed by atoms with Gasteiger partial charge in [0.15, 0.2) is 11.9 Å². The van der Waals surface area contributed by atoms with E-state index in [1.165, 1.54) is 58.4 Å². The van der Waals surface area contributed by atoms with E-state index in [9.17, 15) is 105 Å². The van der Waals surface area contributed by atoms with Gasteiger partial charge in [0.2, 0.25) is 86.8 Å². The molecular weight excluding hydrogens is 1810 g/mol. The molecule has 0 bridgehead atoms. The number of primary amides is 2. The number of sulfonamides is 1. The maximum Gasteiger partial charge on any atom is 0.245 e. The van der Waals surface area contributed by atoms with Crippen molar-refractivity contribution in [2.24, 2.45) is 50.3 Å². The molecule has 0 spiro atoms. The van der Waals surface area contributed by atoms with Gasteiger partial charge in [-0.25, -0.2) is 16.8 Å². The number of guanidine groups is 2. The van der Waals surface area contributed by atoms with Crippen LogP contribution in [0, 0.1) is 5.92 Å². The number of hydrogen-bond donors (Lipinski definition) is 26. The summed E-state index contributed by atoms with van der Waals surface area (Å²) in [5, 5.41) is 88.8. The minimum absolute atomic E-state index is 0.00670. The van der Waals surface area contributed by atoms with E-state index >= 15 is 0 Å². The number of unbranched alkanes of at least 4 members (excludes halogenated alkanes) is 13. The number of aliphatic hydroxyl groups is 5. The Kier molecular flexibility index (Phi) is 58.5. The number of rotatable bonds is 56. The number of hydrogen-bond acceptors (Lipinski definition) is 27. The number of aromatic amines is 1. The van der Waals surface area contributed by atoms with Crippen LogP contribution in [0.15, 0.2) is 70.8 Å². The number of fused-ring (bicyclic) bond motifs is 1. The van der Waals surface area contributed by atoms with Gasteiger partial charge in [-0.05, 0) is 113 Å². The summed E-state index contributed by atoms with van der Waals surface area (Å²) in [6, 6.07) is 3.28. The molecule has 0 saturated carbocycles. The van der Waals surface area contributed by atoms with Crippen molar-refractivity contribution in [3.05, 3.63) is 71.9 Å². The number of nitrogens with zero attached hydrogens (tertiary/aromatic N) is 2. The summed E-state index contributed by atoms with van der Waals surface area (Å²) in [7, 11) is -6.20. The fraction of sp³-hybridized carbons (Fsp3) is 0.674. The molecule has 1 saturated heterocycles. The number of aliphatic imine (C=N–C) groups is 2. The SMILES string of the molecule is CCCCCCCCCCCCCCCC(=O)NS(=O)(=O)CCCC(=O)NCC(=O)N[C@@H](CO)C(=O)N[C@@H](CCC(N)=O)[C@H](O)N[C@@H](CCCN=C(N)N)C(=O)N[C@@H](CO)C(=O)N[C@@H](CCCC)C(=O)NC.C[C@H]1CCC(=O)NCCCCC(C(N)=O)N[C@@H](O)[C@H](Cc2c[nH]c3ccccc23)NC(=O)[C@H](CCCN=C(N)N)NC(=O)[C@@H](Cc2ccccc2)NC(=O)[C@H](CCS(C)(=O)=O)N[C@H]1O. The first-order chi connectivity index (χ1) is 64.6. The van der Waals surface area contributed by atoms with Crippen molar-refractivity contribution < 1.29 is 105 Å². The predicted octanol–water partition coefficient (Wildman–Crippen LogP) is -3.08. The fourth-order valence-electron chi connectivity index (χ4n) is 14.7. The van der Waals surface area contributed by atoms with E-state index in [4.69, 9.17) is 34.4 Å².